The molecule has 20 heavy (non-hydrogen) atoms. The number of nitrogen functional groups attached to an aromatic ring is 1. The van der Waals surface area contributed by atoms with Crippen LogP contribution in [-0.2, 0) is 0 Å². The Morgan fingerprint density at radius 2 is 1.65 bits per heavy atom. The Balaban J connectivity index is 2.35. The summed E-state index contributed by atoms with van der Waals surface area (Å²) in [5.41, 5.74) is 6.23. The number of nitrogens with two attached hydrogens (primary N) is 1. The van der Waals surface area contributed by atoms with Crippen molar-refractivity contribution in [1.82, 2.24) is 0 Å². The van der Waals surface area contributed by atoms with Crippen LogP contribution in [0, 0.1) is 5.82 Å². The molecule has 0 aliphatic rings. The maximum absolute atomic E-state index is 13.1. The molecule has 0 saturated carbocycles. The minimum Gasteiger partial charge on any atom is -0.493 e. The summed E-state index contributed by atoms with van der Waals surface area (Å²) in [6.07, 6.45) is 0. The van der Waals surface area contributed by atoms with E-state index in [1.54, 1.807) is 12.1 Å². The van der Waals surface area contributed by atoms with Crippen LogP contribution in [0.3, 0.4) is 0 Å². The lowest BCUT2D eigenvalue weighted by Crippen LogP contribution is -1.97. The minimum atomic E-state index is -0.515. The van der Waals surface area contributed by atoms with Gasteiger partial charge in [-0.2, -0.15) is 0 Å². The highest BCUT2D eigenvalue weighted by molar-refractivity contribution is 6.30. The Morgan fingerprint density at radius 3 is 2.25 bits per heavy atom. The molecule has 6 heteroatoms. The molecule has 2 aromatic rings. The molecular formula is C14H13ClFNO3. The van der Waals surface area contributed by atoms with Gasteiger partial charge in [-0.1, -0.05) is 11.6 Å². The van der Waals surface area contributed by atoms with Gasteiger partial charge in [-0.15, -0.1) is 0 Å². The molecule has 2 aromatic carbocycles. The zero-order valence-corrected chi connectivity index (χ0v) is 11.7. The van der Waals surface area contributed by atoms with Crippen LogP contribution in [0.4, 0.5) is 10.1 Å². The average molecular weight is 298 g/mol. The second-order valence-corrected chi connectivity index (χ2v) is 4.33. The normalized spacial score (nSPS) is 10.2. The molecule has 0 aliphatic heterocycles. The second-order valence-electron chi connectivity index (χ2n) is 3.92. The zero-order valence-electron chi connectivity index (χ0n) is 10.9. The van der Waals surface area contributed by atoms with Crippen LogP contribution in [-0.4, -0.2) is 14.2 Å². The van der Waals surface area contributed by atoms with E-state index in [4.69, 9.17) is 31.5 Å². The minimum absolute atomic E-state index is 0.0263. The summed E-state index contributed by atoms with van der Waals surface area (Å²) in [7, 11) is 3.02. The molecule has 0 atom stereocenters. The molecule has 2 rings (SSSR count). The van der Waals surface area contributed by atoms with Crippen molar-refractivity contribution < 1.29 is 18.6 Å². The van der Waals surface area contributed by atoms with Gasteiger partial charge < -0.3 is 19.9 Å². The number of benzene rings is 2. The number of ether oxygens (including phenoxy) is 3. The van der Waals surface area contributed by atoms with Gasteiger partial charge in [0, 0.05) is 18.2 Å². The van der Waals surface area contributed by atoms with Crippen molar-refractivity contribution in [2.45, 2.75) is 0 Å². The van der Waals surface area contributed by atoms with Gasteiger partial charge >= 0.3 is 0 Å². The summed E-state index contributed by atoms with van der Waals surface area (Å²) in [5, 5.41) is -0.0263. The summed E-state index contributed by atoms with van der Waals surface area (Å²) in [6.45, 7) is 0. The smallest absolute Gasteiger partial charge is 0.164 e. The first-order chi connectivity index (χ1) is 9.55. The van der Waals surface area contributed by atoms with Crippen molar-refractivity contribution in [2.75, 3.05) is 20.0 Å². The predicted molar refractivity (Wildman–Crippen MR) is 75.4 cm³/mol. The molecule has 0 radical (unpaired) electrons. The van der Waals surface area contributed by atoms with Crippen molar-refractivity contribution in [2.24, 2.45) is 0 Å². The quantitative estimate of drug-likeness (QED) is 0.870. The first-order valence-electron chi connectivity index (χ1n) is 5.69. The van der Waals surface area contributed by atoms with E-state index in [2.05, 4.69) is 0 Å². The Hall–Kier alpha value is -2.14. The van der Waals surface area contributed by atoms with E-state index in [9.17, 15) is 4.39 Å². The van der Waals surface area contributed by atoms with E-state index in [0.717, 1.165) is 0 Å². The lowest BCUT2D eigenvalue weighted by atomic mass is 10.2. The van der Waals surface area contributed by atoms with Gasteiger partial charge in [0.25, 0.3) is 0 Å². The molecular weight excluding hydrogens is 285 g/mol. The topological polar surface area (TPSA) is 53.7 Å². The summed E-state index contributed by atoms with van der Waals surface area (Å²) in [6, 6.07) is 7.21. The lowest BCUT2D eigenvalue weighted by Gasteiger charge is -2.13. The fourth-order valence-electron chi connectivity index (χ4n) is 1.63. The Bertz CT molecular complexity index is 634. The van der Waals surface area contributed by atoms with E-state index in [-0.39, 0.29) is 5.02 Å². The summed E-state index contributed by atoms with van der Waals surface area (Å²) < 4.78 is 29.0. The maximum atomic E-state index is 13.1. The number of anilines is 1. The van der Waals surface area contributed by atoms with Gasteiger partial charge in [0.15, 0.2) is 17.2 Å². The maximum Gasteiger partial charge on any atom is 0.164 e. The van der Waals surface area contributed by atoms with Gasteiger partial charge in [-0.05, 0) is 12.1 Å². The van der Waals surface area contributed by atoms with Crippen molar-refractivity contribution in [3.8, 4) is 23.0 Å². The van der Waals surface area contributed by atoms with E-state index in [0.29, 0.717) is 28.7 Å². The summed E-state index contributed by atoms with van der Waals surface area (Å²) >= 11 is 5.70. The number of hydrogen-bond acceptors (Lipinski definition) is 4. The van der Waals surface area contributed by atoms with Crippen LogP contribution < -0.4 is 19.9 Å². The molecule has 0 amide bonds. The molecule has 0 fully saturated rings. The van der Waals surface area contributed by atoms with Crippen LogP contribution in [0.25, 0.3) is 0 Å². The highest BCUT2D eigenvalue weighted by atomic mass is 35.5. The summed E-state index contributed by atoms with van der Waals surface area (Å²) in [4.78, 5) is 0. The van der Waals surface area contributed by atoms with Gasteiger partial charge in [0.2, 0.25) is 0 Å². The van der Waals surface area contributed by atoms with Gasteiger partial charge in [0.05, 0.1) is 24.9 Å². The van der Waals surface area contributed by atoms with E-state index >= 15 is 0 Å². The molecule has 0 aliphatic carbocycles. The number of methoxy groups -OCH3 is 2. The molecule has 106 valence electrons. The Kier molecular flexibility index (Phi) is 4.20. The molecule has 0 spiro atoms. The summed E-state index contributed by atoms with van der Waals surface area (Å²) in [5.74, 6) is 1.19. The number of halogens is 2. The predicted octanol–water partition coefficient (Wildman–Crippen LogP) is 3.87. The third-order valence-corrected chi connectivity index (χ3v) is 2.92. The molecule has 4 nitrogen and oxygen atoms in total. The monoisotopic (exact) mass is 297 g/mol. The first kappa shape index (κ1) is 14.3. The highest BCUT2D eigenvalue weighted by Gasteiger charge is 2.11. The van der Waals surface area contributed by atoms with Crippen LogP contribution in [0.5, 0.6) is 23.0 Å². The van der Waals surface area contributed by atoms with Crippen LogP contribution in [0.2, 0.25) is 5.02 Å². The van der Waals surface area contributed by atoms with Crippen LogP contribution in [0.15, 0.2) is 30.3 Å². The molecule has 0 bridgehead atoms. The molecule has 0 heterocycles. The second kappa shape index (κ2) is 5.88. The van der Waals surface area contributed by atoms with Crippen LogP contribution >= 0.6 is 11.6 Å². The van der Waals surface area contributed by atoms with Gasteiger partial charge in [-0.25, -0.2) is 4.39 Å². The SMILES string of the molecule is COc1cc(N)c(Oc2ccc(F)c(Cl)c2)cc1OC. The fraction of sp³-hybridized carbons (Fsp3) is 0.143. The third kappa shape index (κ3) is 2.88. The third-order valence-electron chi connectivity index (χ3n) is 2.63. The van der Waals surface area contributed by atoms with Gasteiger partial charge in [0.1, 0.15) is 11.6 Å². The Morgan fingerprint density at radius 1 is 1.00 bits per heavy atom. The van der Waals surface area contributed by atoms with Crippen LogP contribution in [0.1, 0.15) is 0 Å². The highest BCUT2D eigenvalue weighted by Crippen LogP contribution is 2.38. The fourth-order valence-corrected chi connectivity index (χ4v) is 1.80. The Labute approximate surface area is 120 Å². The van der Waals surface area contributed by atoms with Crippen molar-refractivity contribution >= 4 is 17.3 Å². The molecule has 0 saturated heterocycles. The number of hydrogen-bond donors (Lipinski definition) is 1. The number of rotatable bonds is 4. The van der Waals surface area contributed by atoms with E-state index in [1.807, 2.05) is 0 Å². The van der Waals surface area contributed by atoms with E-state index in [1.165, 1.54) is 32.4 Å². The molecule has 0 unspecified atom stereocenters. The standard InChI is InChI=1S/C14H13ClFNO3/c1-18-13-6-11(17)12(7-14(13)19-2)20-8-3-4-10(16)9(15)5-8/h3-7H,17H2,1-2H3. The van der Waals surface area contributed by atoms with Gasteiger partial charge in [-0.3, -0.25) is 0 Å². The largest absolute Gasteiger partial charge is 0.493 e. The van der Waals surface area contributed by atoms with Crippen molar-refractivity contribution in [3.63, 3.8) is 0 Å². The van der Waals surface area contributed by atoms with Crippen molar-refractivity contribution in [3.05, 3.63) is 41.2 Å². The van der Waals surface area contributed by atoms with E-state index < -0.39 is 5.82 Å². The zero-order chi connectivity index (χ0) is 14.7. The first-order valence-corrected chi connectivity index (χ1v) is 6.07. The van der Waals surface area contributed by atoms with Crippen molar-refractivity contribution in [1.29, 1.82) is 0 Å². The lowest BCUT2D eigenvalue weighted by molar-refractivity contribution is 0.352. The average Bonchev–Trinajstić information content (AvgIpc) is 2.44. The molecule has 2 N–H and O–H groups in total. The molecule has 0 aromatic heterocycles.